The van der Waals surface area contributed by atoms with Crippen LogP contribution in [0.2, 0.25) is 0 Å². The molecule has 3 heterocycles. The molecule has 2 aromatic carbocycles. The third kappa shape index (κ3) is 2.53. The average Bonchev–Trinajstić information content (AvgIpc) is 3.32. The summed E-state index contributed by atoms with van der Waals surface area (Å²) < 4.78 is 2.07. The van der Waals surface area contributed by atoms with Crippen molar-refractivity contribution in [3.8, 4) is 11.3 Å². The van der Waals surface area contributed by atoms with E-state index in [2.05, 4.69) is 16.3 Å². The molecule has 0 bridgehead atoms. The van der Waals surface area contributed by atoms with E-state index in [0.29, 0.717) is 12.1 Å². The van der Waals surface area contributed by atoms with E-state index in [9.17, 15) is 4.79 Å². The number of nitrogens with zero attached hydrogens (tertiary/aromatic N) is 3. The lowest BCUT2D eigenvalue weighted by Crippen LogP contribution is -2.43. The Morgan fingerprint density at radius 3 is 2.75 bits per heavy atom. The molecule has 0 aliphatic carbocycles. The SMILES string of the molecule is C=CCN1C(=O)c2ccccc2N[C@H]1c1c(-c2ccccc2)nc2sccn12. The minimum absolute atomic E-state index is 0.0107. The quantitative estimate of drug-likeness (QED) is 0.512. The summed E-state index contributed by atoms with van der Waals surface area (Å²) in [5.41, 5.74) is 4.37. The molecule has 0 saturated carbocycles. The normalized spacial score (nSPS) is 16.1. The predicted molar refractivity (Wildman–Crippen MR) is 113 cm³/mol. The molecule has 5 rings (SSSR count). The van der Waals surface area contributed by atoms with Crippen molar-refractivity contribution >= 4 is 27.9 Å². The number of rotatable bonds is 4. The first-order valence-electron chi connectivity index (χ1n) is 9.06. The van der Waals surface area contributed by atoms with Crippen molar-refractivity contribution in [1.82, 2.24) is 14.3 Å². The van der Waals surface area contributed by atoms with E-state index in [-0.39, 0.29) is 12.1 Å². The van der Waals surface area contributed by atoms with E-state index in [4.69, 9.17) is 4.98 Å². The maximum Gasteiger partial charge on any atom is 0.258 e. The van der Waals surface area contributed by atoms with Crippen LogP contribution in [0.4, 0.5) is 5.69 Å². The predicted octanol–water partition coefficient (Wildman–Crippen LogP) is 4.82. The Balaban J connectivity index is 1.73. The molecule has 0 radical (unpaired) electrons. The van der Waals surface area contributed by atoms with Gasteiger partial charge in [0.15, 0.2) is 4.96 Å². The van der Waals surface area contributed by atoms with E-state index in [1.165, 1.54) is 0 Å². The summed E-state index contributed by atoms with van der Waals surface area (Å²) in [6, 6.07) is 17.7. The van der Waals surface area contributed by atoms with Gasteiger partial charge < -0.3 is 10.2 Å². The van der Waals surface area contributed by atoms with Crippen molar-refractivity contribution in [2.75, 3.05) is 11.9 Å². The second-order valence-corrected chi connectivity index (χ2v) is 7.48. The second kappa shape index (κ2) is 6.65. The smallest absolute Gasteiger partial charge is 0.258 e. The van der Waals surface area contributed by atoms with Gasteiger partial charge in [0, 0.05) is 29.4 Å². The van der Waals surface area contributed by atoms with Crippen molar-refractivity contribution in [3.05, 3.63) is 90.1 Å². The number of anilines is 1. The molecule has 6 heteroatoms. The van der Waals surface area contributed by atoms with Crippen LogP contribution < -0.4 is 5.32 Å². The van der Waals surface area contributed by atoms with Gasteiger partial charge in [0.05, 0.1) is 17.0 Å². The number of aromatic nitrogens is 2. The zero-order valence-corrected chi connectivity index (χ0v) is 15.9. The molecule has 1 amide bonds. The Labute approximate surface area is 166 Å². The Morgan fingerprint density at radius 1 is 1.14 bits per heavy atom. The lowest BCUT2D eigenvalue weighted by Gasteiger charge is -2.37. The van der Waals surface area contributed by atoms with Crippen LogP contribution in [0.5, 0.6) is 0 Å². The molecular formula is C22H18N4OS. The molecule has 5 nitrogen and oxygen atoms in total. The molecule has 1 aliphatic heterocycles. The molecule has 1 atom stereocenters. The molecule has 0 unspecified atom stereocenters. The lowest BCUT2D eigenvalue weighted by atomic mass is 10.0. The van der Waals surface area contributed by atoms with Crippen LogP contribution in [0, 0.1) is 0 Å². The molecule has 28 heavy (non-hydrogen) atoms. The molecule has 2 aromatic heterocycles. The first-order valence-corrected chi connectivity index (χ1v) is 9.94. The van der Waals surface area contributed by atoms with Gasteiger partial charge in [-0.05, 0) is 12.1 Å². The van der Waals surface area contributed by atoms with Crippen LogP contribution >= 0.6 is 11.3 Å². The van der Waals surface area contributed by atoms with Gasteiger partial charge >= 0.3 is 0 Å². The van der Waals surface area contributed by atoms with Gasteiger partial charge in [0.2, 0.25) is 0 Å². The molecule has 0 fully saturated rings. The van der Waals surface area contributed by atoms with Crippen molar-refractivity contribution in [3.63, 3.8) is 0 Å². The van der Waals surface area contributed by atoms with Gasteiger partial charge in [-0.15, -0.1) is 17.9 Å². The van der Waals surface area contributed by atoms with Crippen LogP contribution in [-0.4, -0.2) is 26.7 Å². The summed E-state index contributed by atoms with van der Waals surface area (Å²) in [4.78, 5) is 20.8. The number of hydrogen-bond acceptors (Lipinski definition) is 4. The topological polar surface area (TPSA) is 49.6 Å². The number of benzene rings is 2. The highest BCUT2D eigenvalue weighted by molar-refractivity contribution is 7.15. The molecule has 1 aliphatic rings. The zero-order valence-electron chi connectivity index (χ0n) is 15.1. The summed E-state index contributed by atoms with van der Waals surface area (Å²) in [5, 5.41) is 5.57. The second-order valence-electron chi connectivity index (χ2n) is 6.61. The maximum absolute atomic E-state index is 13.2. The van der Waals surface area contributed by atoms with Gasteiger partial charge in [0.25, 0.3) is 5.91 Å². The van der Waals surface area contributed by atoms with E-state index in [1.54, 1.807) is 17.4 Å². The third-order valence-corrected chi connectivity index (χ3v) is 5.71. The van der Waals surface area contributed by atoms with Crippen LogP contribution in [0.15, 0.2) is 78.8 Å². The Kier molecular flexibility index (Phi) is 3.98. The number of carbonyl (C=O) groups is 1. The standard InChI is InChI=1S/C22H18N4OS/c1-2-12-26-20(23-17-11-7-6-10-16(17)21(26)27)19-18(15-8-4-3-5-9-15)24-22-25(19)13-14-28-22/h2-11,13-14,20,23H,1,12H2/t20-/m1/s1. The van der Waals surface area contributed by atoms with Crippen LogP contribution in [0.1, 0.15) is 22.2 Å². The summed E-state index contributed by atoms with van der Waals surface area (Å²) in [6.45, 7) is 4.29. The van der Waals surface area contributed by atoms with Crippen molar-refractivity contribution in [2.24, 2.45) is 0 Å². The first kappa shape index (κ1) is 16.8. The summed E-state index contributed by atoms with van der Waals surface area (Å²) >= 11 is 1.58. The molecule has 138 valence electrons. The number of thiazole rings is 1. The van der Waals surface area contributed by atoms with Gasteiger partial charge in [0.1, 0.15) is 6.17 Å². The molecule has 1 N–H and O–H groups in total. The van der Waals surface area contributed by atoms with Crippen LogP contribution in [-0.2, 0) is 0 Å². The number of fused-ring (bicyclic) bond motifs is 2. The molecule has 0 spiro atoms. The Morgan fingerprint density at radius 2 is 1.93 bits per heavy atom. The average molecular weight is 386 g/mol. The highest BCUT2D eigenvalue weighted by Crippen LogP contribution is 2.38. The highest BCUT2D eigenvalue weighted by Gasteiger charge is 2.36. The number of imidazole rings is 1. The fraction of sp³-hybridized carbons (Fsp3) is 0.0909. The summed E-state index contributed by atoms with van der Waals surface area (Å²) in [7, 11) is 0. The fourth-order valence-electron chi connectivity index (χ4n) is 3.71. The van der Waals surface area contributed by atoms with E-state index in [0.717, 1.165) is 27.6 Å². The van der Waals surface area contributed by atoms with Crippen molar-refractivity contribution < 1.29 is 4.79 Å². The van der Waals surface area contributed by atoms with Crippen LogP contribution in [0.25, 0.3) is 16.2 Å². The minimum atomic E-state index is -0.347. The monoisotopic (exact) mass is 386 g/mol. The molecule has 4 aromatic rings. The van der Waals surface area contributed by atoms with Gasteiger partial charge in [-0.3, -0.25) is 9.20 Å². The Hall–Kier alpha value is -3.38. The lowest BCUT2D eigenvalue weighted by molar-refractivity contribution is 0.0704. The summed E-state index contributed by atoms with van der Waals surface area (Å²) in [5.74, 6) is -0.0107. The maximum atomic E-state index is 13.2. The minimum Gasteiger partial charge on any atom is -0.359 e. The van der Waals surface area contributed by atoms with E-state index in [1.807, 2.05) is 71.1 Å². The van der Waals surface area contributed by atoms with Crippen molar-refractivity contribution in [1.29, 1.82) is 0 Å². The first-order chi connectivity index (χ1) is 13.8. The highest BCUT2D eigenvalue weighted by atomic mass is 32.1. The third-order valence-electron chi connectivity index (χ3n) is 4.95. The molecular weight excluding hydrogens is 368 g/mol. The van der Waals surface area contributed by atoms with Crippen molar-refractivity contribution in [2.45, 2.75) is 6.17 Å². The van der Waals surface area contributed by atoms with Gasteiger partial charge in [-0.2, -0.15) is 0 Å². The number of nitrogens with one attached hydrogen (secondary N) is 1. The Bertz CT molecular complexity index is 1180. The molecule has 0 saturated heterocycles. The number of para-hydroxylation sites is 1. The fourth-order valence-corrected chi connectivity index (χ4v) is 4.43. The number of carbonyl (C=O) groups excluding carboxylic acids is 1. The van der Waals surface area contributed by atoms with Gasteiger partial charge in [-0.1, -0.05) is 48.5 Å². The number of amides is 1. The zero-order chi connectivity index (χ0) is 19.1. The summed E-state index contributed by atoms with van der Waals surface area (Å²) in [6.07, 6.45) is 3.42. The van der Waals surface area contributed by atoms with E-state index >= 15 is 0 Å². The van der Waals surface area contributed by atoms with E-state index < -0.39 is 0 Å². The largest absolute Gasteiger partial charge is 0.359 e. The number of hydrogen-bond donors (Lipinski definition) is 1. The van der Waals surface area contributed by atoms with Gasteiger partial charge in [-0.25, -0.2) is 4.98 Å². The van der Waals surface area contributed by atoms with Crippen LogP contribution in [0.3, 0.4) is 0 Å².